The molecule has 14 heavy (non-hydrogen) atoms. The normalized spacial score (nSPS) is 28.1. The third-order valence-electron chi connectivity index (χ3n) is 3.17. The Morgan fingerprint density at radius 3 is 2.43 bits per heavy atom. The topological polar surface area (TPSA) is 46.2 Å². The van der Waals surface area contributed by atoms with Crippen molar-refractivity contribution in [2.45, 2.75) is 20.3 Å². The van der Waals surface area contributed by atoms with Gasteiger partial charge in [0, 0.05) is 0 Å². The number of hydrogen-bond acceptors (Lipinski definition) is 3. The molecule has 0 aromatic rings. The van der Waals surface area contributed by atoms with Crippen LogP contribution in [0.2, 0.25) is 0 Å². The first-order valence-electron chi connectivity index (χ1n) is 5.31. The van der Waals surface area contributed by atoms with Gasteiger partial charge < -0.3 is 5.32 Å². The molecule has 0 radical (unpaired) electrons. The molecule has 0 saturated carbocycles. The van der Waals surface area contributed by atoms with E-state index in [1.54, 1.807) is 0 Å². The van der Waals surface area contributed by atoms with Gasteiger partial charge >= 0.3 is 0 Å². The van der Waals surface area contributed by atoms with Crippen molar-refractivity contribution in [3.63, 3.8) is 0 Å². The van der Waals surface area contributed by atoms with Crippen molar-refractivity contribution in [2.24, 2.45) is 17.8 Å². The second-order valence-electron chi connectivity index (χ2n) is 4.63. The van der Waals surface area contributed by atoms with Crippen molar-refractivity contribution in [3.05, 3.63) is 0 Å². The fourth-order valence-corrected chi connectivity index (χ4v) is 4.24. The maximum Gasteiger partial charge on any atom is 0.150 e. The highest BCUT2D eigenvalue weighted by Crippen LogP contribution is 2.30. The summed E-state index contributed by atoms with van der Waals surface area (Å²) in [7, 11) is -0.791. The third kappa shape index (κ3) is 2.95. The number of sulfone groups is 1. The molecule has 0 aromatic carbocycles. The fraction of sp³-hybridized carbons (Fsp3) is 1.00. The molecular weight excluding hydrogens is 198 g/mol. The summed E-state index contributed by atoms with van der Waals surface area (Å²) in [5.41, 5.74) is 0. The molecule has 0 bridgehead atoms. The highest BCUT2D eigenvalue weighted by Gasteiger charge is 2.34. The molecule has 3 nitrogen and oxygen atoms in total. The zero-order chi connectivity index (χ0) is 10.8. The molecule has 0 amide bonds. The highest BCUT2D eigenvalue weighted by molar-refractivity contribution is 7.91. The second-order valence-corrected chi connectivity index (χ2v) is 6.86. The van der Waals surface area contributed by atoms with E-state index in [9.17, 15) is 8.42 Å². The highest BCUT2D eigenvalue weighted by atomic mass is 32.2. The standard InChI is InChI=1S/C10H21NO2S/c1-8(2)10(6-11-3)9-4-5-14(12,13)7-9/h8-11H,4-7H2,1-3H3. The van der Waals surface area contributed by atoms with Gasteiger partial charge in [-0.05, 0) is 37.8 Å². The predicted octanol–water partition coefficient (Wildman–Crippen LogP) is 0.913. The van der Waals surface area contributed by atoms with Crippen LogP contribution in [0.15, 0.2) is 0 Å². The van der Waals surface area contributed by atoms with Crippen LogP contribution in [-0.4, -0.2) is 33.5 Å². The van der Waals surface area contributed by atoms with Gasteiger partial charge in [0.15, 0.2) is 9.84 Å². The Hall–Kier alpha value is -0.0900. The Morgan fingerprint density at radius 2 is 2.07 bits per heavy atom. The minimum absolute atomic E-state index is 0.368. The van der Waals surface area contributed by atoms with E-state index in [0.29, 0.717) is 29.3 Å². The van der Waals surface area contributed by atoms with Crippen LogP contribution in [0, 0.1) is 17.8 Å². The van der Waals surface area contributed by atoms with Gasteiger partial charge in [-0.15, -0.1) is 0 Å². The minimum atomic E-state index is -2.72. The van der Waals surface area contributed by atoms with E-state index in [-0.39, 0.29) is 0 Å². The summed E-state index contributed by atoms with van der Waals surface area (Å²) in [5, 5.41) is 3.16. The van der Waals surface area contributed by atoms with Gasteiger partial charge in [-0.2, -0.15) is 0 Å². The number of rotatable bonds is 4. The van der Waals surface area contributed by atoms with E-state index >= 15 is 0 Å². The summed E-state index contributed by atoms with van der Waals surface area (Å²) < 4.78 is 22.7. The van der Waals surface area contributed by atoms with E-state index in [4.69, 9.17) is 0 Å². The molecule has 1 rings (SSSR count). The maximum atomic E-state index is 11.4. The Kier molecular flexibility index (Phi) is 3.95. The Morgan fingerprint density at radius 1 is 1.43 bits per heavy atom. The molecular formula is C10H21NO2S. The summed E-state index contributed by atoms with van der Waals surface area (Å²) in [6, 6.07) is 0. The molecule has 1 fully saturated rings. The van der Waals surface area contributed by atoms with Gasteiger partial charge in [0.05, 0.1) is 11.5 Å². The van der Waals surface area contributed by atoms with E-state index in [2.05, 4.69) is 19.2 Å². The van der Waals surface area contributed by atoms with Gasteiger partial charge in [0.25, 0.3) is 0 Å². The van der Waals surface area contributed by atoms with E-state index in [0.717, 1.165) is 13.0 Å². The van der Waals surface area contributed by atoms with Gasteiger partial charge in [-0.25, -0.2) is 8.42 Å². The van der Waals surface area contributed by atoms with Crippen LogP contribution in [0.3, 0.4) is 0 Å². The number of hydrogen-bond donors (Lipinski definition) is 1. The van der Waals surface area contributed by atoms with Crippen LogP contribution in [-0.2, 0) is 9.84 Å². The second kappa shape index (κ2) is 4.62. The Balaban J connectivity index is 2.62. The third-order valence-corrected chi connectivity index (χ3v) is 4.96. The largest absolute Gasteiger partial charge is 0.319 e. The lowest BCUT2D eigenvalue weighted by molar-refractivity contribution is 0.270. The molecule has 4 heteroatoms. The first-order chi connectivity index (χ1) is 6.46. The molecule has 0 aromatic heterocycles. The van der Waals surface area contributed by atoms with E-state index in [1.807, 2.05) is 7.05 Å². The van der Waals surface area contributed by atoms with Gasteiger partial charge in [-0.1, -0.05) is 13.8 Å². The summed E-state index contributed by atoms with van der Waals surface area (Å²) in [5.74, 6) is 2.22. The molecule has 1 aliphatic rings. The average Bonchev–Trinajstić information content (AvgIpc) is 2.41. The Labute approximate surface area is 87.2 Å². The number of nitrogens with one attached hydrogen (secondary N) is 1. The van der Waals surface area contributed by atoms with E-state index < -0.39 is 9.84 Å². The molecule has 2 unspecified atom stereocenters. The van der Waals surface area contributed by atoms with Crippen LogP contribution in [0.4, 0.5) is 0 Å². The van der Waals surface area contributed by atoms with Crippen molar-refractivity contribution in [2.75, 3.05) is 25.1 Å². The first-order valence-corrected chi connectivity index (χ1v) is 7.13. The zero-order valence-corrected chi connectivity index (χ0v) is 10.1. The zero-order valence-electron chi connectivity index (χ0n) is 9.29. The van der Waals surface area contributed by atoms with Gasteiger partial charge in [0.1, 0.15) is 0 Å². The fourth-order valence-electron chi connectivity index (χ4n) is 2.34. The SMILES string of the molecule is CNCC(C(C)C)C1CCS(=O)(=O)C1. The van der Waals surface area contributed by atoms with Crippen LogP contribution in [0.25, 0.3) is 0 Å². The summed E-state index contributed by atoms with van der Waals surface area (Å²) >= 11 is 0. The molecule has 0 aliphatic carbocycles. The van der Waals surface area contributed by atoms with Crippen molar-refractivity contribution >= 4 is 9.84 Å². The smallest absolute Gasteiger partial charge is 0.150 e. The summed E-state index contributed by atoms with van der Waals surface area (Å²) in [6.45, 7) is 5.28. The van der Waals surface area contributed by atoms with Crippen molar-refractivity contribution in [3.8, 4) is 0 Å². The lowest BCUT2D eigenvalue weighted by Gasteiger charge is -2.25. The maximum absolute atomic E-state index is 11.4. The van der Waals surface area contributed by atoms with Crippen molar-refractivity contribution in [1.82, 2.24) is 5.32 Å². The average molecular weight is 219 g/mol. The minimum Gasteiger partial charge on any atom is -0.319 e. The Bertz CT molecular complexity index is 272. The van der Waals surface area contributed by atoms with Crippen LogP contribution in [0.1, 0.15) is 20.3 Å². The summed E-state index contributed by atoms with van der Waals surface area (Å²) in [4.78, 5) is 0. The first kappa shape index (κ1) is 12.0. The van der Waals surface area contributed by atoms with E-state index in [1.165, 1.54) is 0 Å². The van der Waals surface area contributed by atoms with Gasteiger partial charge in [0.2, 0.25) is 0 Å². The van der Waals surface area contributed by atoms with Crippen molar-refractivity contribution < 1.29 is 8.42 Å². The summed E-state index contributed by atoms with van der Waals surface area (Å²) in [6.07, 6.45) is 0.854. The monoisotopic (exact) mass is 219 g/mol. The van der Waals surface area contributed by atoms with Gasteiger partial charge in [-0.3, -0.25) is 0 Å². The van der Waals surface area contributed by atoms with Crippen molar-refractivity contribution in [1.29, 1.82) is 0 Å². The molecule has 2 atom stereocenters. The molecule has 0 spiro atoms. The lowest BCUT2D eigenvalue weighted by atomic mass is 9.83. The van der Waals surface area contributed by atoms with Crippen LogP contribution in [0.5, 0.6) is 0 Å². The van der Waals surface area contributed by atoms with Crippen LogP contribution < -0.4 is 5.32 Å². The molecule has 1 heterocycles. The van der Waals surface area contributed by atoms with Crippen LogP contribution >= 0.6 is 0 Å². The molecule has 1 saturated heterocycles. The molecule has 84 valence electrons. The molecule has 1 aliphatic heterocycles. The quantitative estimate of drug-likeness (QED) is 0.764. The molecule has 1 N–H and O–H groups in total. The lowest BCUT2D eigenvalue weighted by Crippen LogP contribution is -2.30. The predicted molar refractivity (Wildman–Crippen MR) is 59.0 cm³/mol.